The summed E-state index contributed by atoms with van der Waals surface area (Å²) in [5.74, 6) is 0.792. The van der Waals surface area contributed by atoms with Gasteiger partial charge in [-0.05, 0) is 48.2 Å². The van der Waals surface area contributed by atoms with E-state index in [9.17, 15) is 4.79 Å². The summed E-state index contributed by atoms with van der Waals surface area (Å²) < 4.78 is 13.1. The van der Waals surface area contributed by atoms with Crippen LogP contribution < -0.4 is 10.1 Å². The summed E-state index contributed by atoms with van der Waals surface area (Å²) in [6, 6.07) is 17.6. The maximum atomic E-state index is 12.3. The first-order valence-corrected chi connectivity index (χ1v) is 9.95. The molecule has 1 N–H and O–H groups in total. The number of para-hydroxylation sites is 1. The molecule has 1 aliphatic rings. The third-order valence-electron chi connectivity index (χ3n) is 4.89. The first-order valence-electron chi connectivity index (χ1n) is 9.95. The van der Waals surface area contributed by atoms with E-state index in [1.165, 1.54) is 0 Å². The first kappa shape index (κ1) is 19.2. The summed E-state index contributed by atoms with van der Waals surface area (Å²) in [6.07, 6.45) is 6.30. The molecule has 3 aromatic rings. The number of hydrogen-bond acceptors (Lipinski definition) is 4. The Morgan fingerprint density at radius 3 is 2.72 bits per heavy atom. The molecule has 1 amide bonds. The van der Waals surface area contributed by atoms with E-state index >= 15 is 0 Å². The number of benzene rings is 2. The van der Waals surface area contributed by atoms with Gasteiger partial charge in [0, 0.05) is 19.3 Å². The molecule has 4 rings (SSSR count). The summed E-state index contributed by atoms with van der Waals surface area (Å²) >= 11 is 0. The Bertz CT molecular complexity index is 916. The Balaban J connectivity index is 1.22. The molecule has 1 saturated heterocycles. The number of nitrogens with zero attached hydrogens (tertiary/aromatic N) is 2. The van der Waals surface area contributed by atoms with Crippen LogP contribution >= 0.6 is 0 Å². The molecular formula is C23H25N3O3. The zero-order chi connectivity index (χ0) is 19.9. The van der Waals surface area contributed by atoms with Gasteiger partial charge in [0.05, 0.1) is 24.4 Å². The van der Waals surface area contributed by atoms with Crippen molar-refractivity contribution in [3.63, 3.8) is 0 Å². The van der Waals surface area contributed by atoms with Crippen LogP contribution in [0.3, 0.4) is 0 Å². The van der Waals surface area contributed by atoms with Crippen molar-refractivity contribution in [3.05, 3.63) is 78.1 Å². The molecule has 0 radical (unpaired) electrons. The smallest absolute Gasteiger partial charge is 0.224 e. The quantitative estimate of drug-likeness (QED) is 0.640. The number of hydrogen-bond donors (Lipinski definition) is 1. The average Bonchev–Trinajstić information content (AvgIpc) is 3.44. The fraction of sp³-hybridized carbons (Fsp3) is 0.304. The Morgan fingerprint density at radius 2 is 1.97 bits per heavy atom. The minimum Gasteiger partial charge on any atom is -0.491 e. The lowest BCUT2D eigenvalue weighted by Crippen LogP contribution is -2.24. The molecule has 6 heteroatoms. The van der Waals surface area contributed by atoms with Gasteiger partial charge < -0.3 is 14.8 Å². The first-order chi connectivity index (χ1) is 14.3. The third-order valence-corrected chi connectivity index (χ3v) is 4.89. The van der Waals surface area contributed by atoms with E-state index in [0.717, 1.165) is 42.0 Å². The molecule has 1 aliphatic heterocycles. The summed E-state index contributed by atoms with van der Waals surface area (Å²) in [4.78, 5) is 12.3. The molecule has 1 fully saturated rings. The van der Waals surface area contributed by atoms with Gasteiger partial charge in [-0.1, -0.05) is 30.3 Å². The van der Waals surface area contributed by atoms with Crippen molar-refractivity contribution in [2.75, 3.05) is 13.2 Å². The zero-order valence-electron chi connectivity index (χ0n) is 16.3. The highest BCUT2D eigenvalue weighted by Crippen LogP contribution is 2.16. The summed E-state index contributed by atoms with van der Waals surface area (Å²) in [5.41, 5.74) is 2.88. The van der Waals surface area contributed by atoms with Gasteiger partial charge in [0.25, 0.3) is 0 Å². The molecule has 0 aliphatic carbocycles. The normalized spacial score (nSPS) is 15.9. The van der Waals surface area contributed by atoms with Crippen molar-refractivity contribution in [2.45, 2.75) is 31.9 Å². The summed E-state index contributed by atoms with van der Waals surface area (Å²) in [6.45, 7) is 1.91. The van der Waals surface area contributed by atoms with Gasteiger partial charge in [0.15, 0.2) is 0 Å². The topological polar surface area (TPSA) is 65.4 Å². The monoisotopic (exact) mass is 391 g/mol. The number of amides is 1. The minimum atomic E-state index is -0.0312. The summed E-state index contributed by atoms with van der Waals surface area (Å²) in [5, 5.41) is 7.28. The lowest BCUT2D eigenvalue weighted by molar-refractivity contribution is -0.120. The predicted octanol–water partition coefficient (Wildman–Crippen LogP) is 3.29. The average molecular weight is 391 g/mol. The van der Waals surface area contributed by atoms with Crippen LogP contribution in [-0.4, -0.2) is 35.0 Å². The molecule has 29 heavy (non-hydrogen) atoms. The lowest BCUT2D eigenvalue weighted by atomic mass is 10.2. The molecule has 150 valence electrons. The van der Waals surface area contributed by atoms with Gasteiger partial charge in [0.2, 0.25) is 5.91 Å². The predicted molar refractivity (Wildman–Crippen MR) is 110 cm³/mol. The number of carbonyl (C=O) groups excluding carboxylic acids is 1. The molecule has 6 nitrogen and oxygen atoms in total. The fourth-order valence-electron chi connectivity index (χ4n) is 3.29. The van der Waals surface area contributed by atoms with Crippen molar-refractivity contribution >= 4 is 5.91 Å². The van der Waals surface area contributed by atoms with E-state index in [0.29, 0.717) is 19.6 Å². The third kappa shape index (κ3) is 5.45. The van der Waals surface area contributed by atoms with Crippen molar-refractivity contribution in [1.29, 1.82) is 0 Å². The molecule has 1 atom stereocenters. The molecule has 0 spiro atoms. The Kier molecular flexibility index (Phi) is 6.22. The molecule has 0 bridgehead atoms. The van der Waals surface area contributed by atoms with Gasteiger partial charge >= 0.3 is 0 Å². The van der Waals surface area contributed by atoms with Gasteiger partial charge in [-0.3, -0.25) is 4.79 Å². The van der Waals surface area contributed by atoms with E-state index < -0.39 is 0 Å². The molecule has 1 aromatic heterocycles. The highest BCUT2D eigenvalue weighted by molar-refractivity contribution is 5.78. The highest BCUT2D eigenvalue weighted by atomic mass is 16.5. The van der Waals surface area contributed by atoms with E-state index in [4.69, 9.17) is 9.47 Å². The molecule has 1 unspecified atom stereocenters. The molecular weight excluding hydrogens is 366 g/mol. The molecule has 0 saturated carbocycles. The fourth-order valence-corrected chi connectivity index (χ4v) is 3.29. The number of aromatic nitrogens is 2. The Labute approximate surface area is 170 Å². The zero-order valence-corrected chi connectivity index (χ0v) is 16.3. The van der Waals surface area contributed by atoms with Crippen LogP contribution in [0.15, 0.2) is 67.0 Å². The van der Waals surface area contributed by atoms with Crippen LogP contribution in [0.4, 0.5) is 0 Å². The second-order valence-electron chi connectivity index (χ2n) is 7.17. The molecule has 2 heterocycles. The minimum absolute atomic E-state index is 0.0312. The number of rotatable bonds is 8. The van der Waals surface area contributed by atoms with Crippen molar-refractivity contribution in [3.8, 4) is 11.4 Å². The SMILES string of the molecule is O=C(Cc1cnn(-c2ccccc2)c1)NCc1ccc(OCC2CCCO2)cc1. The number of nitrogens with one attached hydrogen (secondary N) is 1. The Hall–Kier alpha value is -3.12. The van der Waals surface area contributed by atoms with E-state index in [1.54, 1.807) is 10.9 Å². The van der Waals surface area contributed by atoms with E-state index in [2.05, 4.69) is 10.4 Å². The van der Waals surface area contributed by atoms with Gasteiger partial charge in [-0.15, -0.1) is 0 Å². The van der Waals surface area contributed by atoms with Crippen LogP contribution in [0.25, 0.3) is 5.69 Å². The molecule has 2 aromatic carbocycles. The van der Waals surface area contributed by atoms with Crippen molar-refractivity contribution in [2.24, 2.45) is 0 Å². The largest absolute Gasteiger partial charge is 0.491 e. The van der Waals surface area contributed by atoms with Gasteiger partial charge in [0.1, 0.15) is 12.4 Å². The van der Waals surface area contributed by atoms with E-state index in [1.807, 2.05) is 60.8 Å². The number of carbonyl (C=O) groups is 1. The van der Waals surface area contributed by atoms with Crippen LogP contribution in [-0.2, 0) is 22.5 Å². The highest BCUT2D eigenvalue weighted by Gasteiger charge is 2.15. The maximum absolute atomic E-state index is 12.3. The number of ether oxygens (including phenoxy) is 2. The van der Waals surface area contributed by atoms with Crippen molar-refractivity contribution in [1.82, 2.24) is 15.1 Å². The second-order valence-corrected chi connectivity index (χ2v) is 7.17. The Morgan fingerprint density at radius 1 is 1.14 bits per heavy atom. The van der Waals surface area contributed by atoms with Crippen LogP contribution in [0.5, 0.6) is 5.75 Å². The standard InChI is InChI=1S/C23H25N3O3/c27-23(13-19-15-25-26(16-19)20-5-2-1-3-6-20)24-14-18-8-10-21(11-9-18)29-17-22-7-4-12-28-22/h1-3,5-6,8-11,15-16,22H,4,7,12-14,17H2,(H,24,27). The van der Waals surface area contributed by atoms with Crippen LogP contribution in [0.1, 0.15) is 24.0 Å². The lowest BCUT2D eigenvalue weighted by Gasteiger charge is -2.12. The van der Waals surface area contributed by atoms with E-state index in [-0.39, 0.29) is 12.0 Å². The summed E-state index contributed by atoms with van der Waals surface area (Å²) in [7, 11) is 0. The van der Waals surface area contributed by atoms with Gasteiger partial charge in [-0.25, -0.2) is 4.68 Å². The van der Waals surface area contributed by atoms with Gasteiger partial charge in [-0.2, -0.15) is 5.10 Å². The maximum Gasteiger partial charge on any atom is 0.224 e. The van der Waals surface area contributed by atoms with Crippen LogP contribution in [0, 0.1) is 0 Å². The van der Waals surface area contributed by atoms with Crippen LogP contribution in [0.2, 0.25) is 0 Å². The van der Waals surface area contributed by atoms with Crippen molar-refractivity contribution < 1.29 is 14.3 Å². The second kappa shape index (κ2) is 9.39.